The van der Waals surface area contributed by atoms with Crippen LogP contribution in [-0.4, -0.2) is 30.3 Å². The number of nitrogens with one attached hydrogen (secondary N) is 1. The maximum atomic E-state index is 11.2. The van der Waals surface area contributed by atoms with E-state index in [1.807, 2.05) is 0 Å². The van der Waals surface area contributed by atoms with Crippen molar-refractivity contribution in [1.82, 2.24) is 5.32 Å². The fourth-order valence-corrected chi connectivity index (χ4v) is 1.19. The predicted molar refractivity (Wildman–Crippen MR) is 52.5 cm³/mol. The van der Waals surface area contributed by atoms with Gasteiger partial charge in [-0.25, -0.2) is 4.79 Å². The Hall–Kier alpha value is -1.11. The monoisotopic (exact) mass is 220 g/mol. The Kier molecular flexibility index (Phi) is 6.73. The Balaban J connectivity index is 4.14. The Bertz CT molecular complexity index is 222. The Morgan fingerprint density at radius 3 is 2.64 bits per heavy atom. The molecular formula is C7H12N2O4S. The third-order valence-corrected chi connectivity index (χ3v) is 1.83. The standard InChI is InChI=1S/C7H12N2O4S/c1-3-13-7(11)6(4-14-9-12)8-5(2)10/h6H,3-4H2,1-2H3,(H,8,10). The molecule has 6 nitrogen and oxygen atoms in total. The van der Waals surface area contributed by atoms with Gasteiger partial charge in [-0.3, -0.25) is 4.79 Å². The van der Waals surface area contributed by atoms with Gasteiger partial charge in [0, 0.05) is 29.2 Å². The zero-order chi connectivity index (χ0) is 11.0. The summed E-state index contributed by atoms with van der Waals surface area (Å²) in [6.45, 7) is 3.17. The highest BCUT2D eigenvalue weighted by Crippen LogP contribution is 2.04. The van der Waals surface area contributed by atoms with E-state index in [2.05, 4.69) is 9.90 Å². The molecule has 1 N–H and O–H groups in total. The molecular weight excluding hydrogens is 208 g/mol. The third kappa shape index (κ3) is 5.52. The van der Waals surface area contributed by atoms with Crippen molar-refractivity contribution in [1.29, 1.82) is 0 Å². The van der Waals surface area contributed by atoms with Crippen LogP contribution in [0, 0.1) is 4.91 Å². The largest absolute Gasteiger partial charge is 0.464 e. The molecule has 1 amide bonds. The SMILES string of the molecule is CCOC(=O)C(CSN=O)NC(C)=O. The summed E-state index contributed by atoms with van der Waals surface area (Å²) in [5, 5.41) is 2.37. The van der Waals surface area contributed by atoms with E-state index in [4.69, 9.17) is 4.74 Å². The normalized spacial score (nSPS) is 11.6. The van der Waals surface area contributed by atoms with Gasteiger partial charge in [-0.1, -0.05) is 0 Å². The van der Waals surface area contributed by atoms with Crippen molar-refractivity contribution >= 4 is 23.8 Å². The minimum atomic E-state index is -0.810. The van der Waals surface area contributed by atoms with Crippen LogP contribution in [0.2, 0.25) is 0 Å². The van der Waals surface area contributed by atoms with Crippen LogP contribution in [0.5, 0.6) is 0 Å². The lowest BCUT2D eigenvalue weighted by Gasteiger charge is -2.13. The van der Waals surface area contributed by atoms with Crippen molar-refractivity contribution in [2.75, 3.05) is 12.4 Å². The minimum absolute atomic E-state index is 0.0852. The van der Waals surface area contributed by atoms with E-state index in [-0.39, 0.29) is 18.3 Å². The highest BCUT2D eigenvalue weighted by atomic mass is 32.2. The number of ether oxygens (including phenoxy) is 1. The smallest absolute Gasteiger partial charge is 0.329 e. The van der Waals surface area contributed by atoms with Crippen molar-refractivity contribution in [2.45, 2.75) is 19.9 Å². The van der Waals surface area contributed by atoms with E-state index in [0.29, 0.717) is 11.9 Å². The predicted octanol–water partition coefficient (Wildman–Crippen LogP) is 0.469. The second-order valence-electron chi connectivity index (χ2n) is 2.38. The van der Waals surface area contributed by atoms with Crippen LogP contribution in [0.4, 0.5) is 0 Å². The number of rotatable bonds is 6. The summed E-state index contributed by atoms with van der Waals surface area (Å²) in [6, 6.07) is -0.810. The second-order valence-corrected chi connectivity index (χ2v) is 3.12. The van der Waals surface area contributed by atoms with E-state index in [9.17, 15) is 14.5 Å². The van der Waals surface area contributed by atoms with Crippen LogP contribution in [-0.2, 0) is 14.3 Å². The summed E-state index contributed by atoms with van der Waals surface area (Å²) in [5.74, 6) is -0.824. The number of nitrogens with zero attached hydrogens (tertiary/aromatic N) is 1. The fraction of sp³-hybridized carbons (Fsp3) is 0.714. The van der Waals surface area contributed by atoms with E-state index < -0.39 is 12.0 Å². The first-order valence-corrected chi connectivity index (χ1v) is 4.94. The average Bonchev–Trinajstić information content (AvgIpc) is 2.12. The number of carbonyl (C=O) groups excluding carboxylic acids is 2. The van der Waals surface area contributed by atoms with Crippen molar-refractivity contribution < 1.29 is 14.3 Å². The first-order chi connectivity index (χ1) is 6.61. The average molecular weight is 220 g/mol. The van der Waals surface area contributed by atoms with Crippen molar-refractivity contribution in [3.63, 3.8) is 0 Å². The molecule has 0 saturated heterocycles. The van der Waals surface area contributed by atoms with Crippen LogP contribution in [0.25, 0.3) is 0 Å². The van der Waals surface area contributed by atoms with E-state index in [1.54, 1.807) is 6.92 Å². The molecule has 0 aliphatic carbocycles. The van der Waals surface area contributed by atoms with Gasteiger partial charge in [0.15, 0.2) is 0 Å². The third-order valence-electron chi connectivity index (χ3n) is 1.24. The molecule has 0 aliphatic heterocycles. The zero-order valence-electron chi connectivity index (χ0n) is 7.98. The molecule has 80 valence electrons. The molecule has 7 heteroatoms. The molecule has 0 saturated carbocycles. The van der Waals surface area contributed by atoms with E-state index in [1.165, 1.54) is 6.92 Å². The van der Waals surface area contributed by atoms with Crippen LogP contribution in [0.3, 0.4) is 0 Å². The van der Waals surface area contributed by atoms with Gasteiger partial charge in [0.1, 0.15) is 6.04 Å². The fourth-order valence-electron chi connectivity index (χ4n) is 0.762. The van der Waals surface area contributed by atoms with Crippen LogP contribution >= 0.6 is 11.9 Å². The van der Waals surface area contributed by atoms with Crippen LogP contribution < -0.4 is 5.32 Å². The molecule has 0 rings (SSSR count). The highest BCUT2D eigenvalue weighted by Gasteiger charge is 2.20. The Morgan fingerprint density at radius 2 is 2.21 bits per heavy atom. The topological polar surface area (TPSA) is 84.8 Å². The number of hydrogen-bond donors (Lipinski definition) is 1. The van der Waals surface area contributed by atoms with Gasteiger partial charge in [0.05, 0.1) is 6.61 Å². The maximum absolute atomic E-state index is 11.2. The lowest BCUT2D eigenvalue weighted by molar-refractivity contribution is -0.146. The Morgan fingerprint density at radius 1 is 1.57 bits per heavy atom. The first kappa shape index (κ1) is 12.9. The van der Waals surface area contributed by atoms with Crippen molar-refractivity contribution in [3.05, 3.63) is 4.91 Å². The second kappa shape index (κ2) is 7.31. The van der Waals surface area contributed by atoms with Gasteiger partial charge in [-0.2, -0.15) is 0 Å². The summed E-state index contributed by atoms with van der Waals surface area (Å²) in [6.07, 6.45) is 0. The van der Waals surface area contributed by atoms with Crippen LogP contribution in [0.15, 0.2) is 4.58 Å². The summed E-state index contributed by atoms with van der Waals surface area (Å²) >= 11 is 0.666. The zero-order valence-corrected chi connectivity index (χ0v) is 8.80. The molecule has 0 aromatic heterocycles. The number of hydrogen-bond acceptors (Lipinski definition) is 6. The number of nitroso groups, excluding NO2 is 1. The van der Waals surface area contributed by atoms with Gasteiger partial charge in [0.25, 0.3) is 0 Å². The van der Waals surface area contributed by atoms with E-state index >= 15 is 0 Å². The highest BCUT2D eigenvalue weighted by molar-refractivity contribution is 7.97. The van der Waals surface area contributed by atoms with Gasteiger partial charge in [-0.15, -0.1) is 4.91 Å². The van der Waals surface area contributed by atoms with Gasteiger partial charge in [-0.05, 0) is 6.92 Å². The molecule has 0 aliphatic rings. The van der Waals surface area contributed by atoms with Crippen molar-refractivity contribution in [3.8, 4) is 0 Å². The molecule has 0 bridgehead atoms. The number of amides is 1. The summed E-state index contributed by atoms with van der Waals surface area (Å²) in [7, 11) is 0. The molecule has 0 radical (unpaired) electrons. The Labute approximate surface area is 85.9 Å². The molecule has 0 heterocycles. The van der Waals surface area contributed by atoms with Crippen molar-refractivity contribution in [2.24, 2.45) is 4.58 Å². The molecule has 0 spiro atoms. The van der Waals surface area contributed by atoms with E-state index in [0.717, 1.165) is 0 Å². The van der Waals surface area contributed by atoms with Gasteiger partial charge >= 0.3 is 5.97 Å². The molecule has 0 aromatic rings. The molecule has 1 atom stereocenters. The summed E-state index contributed by atoms with van der Waals surface area (Å²) in [5.41, 5.74) is 0. The molecule has 1 unspecified atom stereocenters. The lowest BCUT2D eigenvalue weighted by atomic mass is 10.3. The van der Waals surface area contributed by atoms with Gasteiger partial charge in [0.2, 0.25) is 5.91 Å². The minimum Gasteiger partial charge on any atom is -0.464 e. The molecule has 0 aromatic carbocycles. The molecule has 0 fully saturated rings. The first-order valence-electron chi connectivity index (χ1n) is 4.00. The number of esters is 1. The maximum Gasteiger partial charge on any atom is 0.329 e. The summed E-state index contributed by atoms with van der Waals surface area (Å²) < 4.78 is 7.22. The number of carbonyl (C=O) groups is 2. The van der Waals surface area contributed by atoms with Crippen LogP contribution in [0.1, 0.15) is 13.8 Å². The van der Waals surface area contributed by atoms with Gasteiger partial charge < -0.3 is 10.1 Å². The lowest BCUT2D eigenvalue weighted by Crippen LogP contribution is -2.42. The quantitative estimate of drug-likeness (QED) is 0.399. The summed E-state index contributed by atoms with van der Waals surface area (Å²) in [4.78, 5) is 31.7. The molecule has 14 heavy (non-hydrogen) atoms.